The first-order chi connectivity index (χ1) is 8.16. The molecule has 0 spiro atoms. The summed E-state index contributed by atoms with van der Waals surface area (Å²) in [5.74, 6) is 0.420. The van der Waals surface area contributed by atoms with Gasteiger partial charge in [0.25, 0.3) is 0 Å². The molecular formula is C11H12FN3O2. The van der Waals surface area contributed by atoms with E-state index >= 15 is 0 Å². The van der Waals surface area contributed by atoms with Gasteiger partial charge in [-0.2, -0.15) is 4.98 Å². The molecule has 2 rings (SSSR count). The van der Waals surface area contributed by atoms with Gasteiger partial charge in [-0.15, -0.1) is 0 Å². The topological polar surface area (TPSA) is 74.2 Å². The minimum Gasteiger partial charge on any atom is -0.485 e. The number of rotatable bonds is 4. The zero-order chi connectivity index (χ0) is 12.3. The van der Waals surface area contributed by atoms with Crippen molar-refractivity contribution in [2.75, 3.05) is 0 Å². The Kier molecular flexibility index (Phi) is 3.34. The number of hydrogen-bond donors (Lipinski definition) is 1. The van der Waals surface area contributed by atoms with Crippen LogP contribution in [-0.4, -0.2) is 10.1 Å². The number of nitrogens with zero attached hydrogens (tertiary/aromatic N) is 2. The van der Waals surface area contributed by atoms with E-state index < -0.39 is 0 Å². The Morgan fingerprint density at radius 2 is 2.35 bits per heavy atom. The zero-order valence-corrected chi connectivity index (χ0v) is 9.26. The summed E-state index contributed by atoms with van der Waals surface area (Å²) in [4.78, 5) is 3.78. The standard InChI is InChI=1S/C11H12FN3O2/c1-7(13)9-3-2-8(4-10(9)12)16-5-11-14-6-17-15-11/h2-4,6-7H,5,13H2,1H3. The van der Waals surface area contributed by atoms with E-state index in [0.717, 1.165) is 0 Å². The number of ether oxygens (including phenoxy) is 1. The molecule has 1 aromatic heterocycles. The van der Waals surface area contributed by atoms with E-state index in [1.165, 1.54) is 12.5 Å². The van der Waals surface area contributed by atoms with Gasteiger partial charge in [0.05, 0.1) is 0 Å². The molecule has 1 aromatic carbocycles. The van der Waals surface area contributed by atoms with Crippen molar-refractivity contribution in [1.29, 1.82) is 0 Å². The van der Waals surface area contributed by atoms with Crippen LogP contribution in [0.1, 0.15) is 24.4 Å². The lowest BCUT2D eigenvalue weighted by atomic mass is 10.1. The van der Waals surface area contributed by atoms with Gasteiger partial charge in [-0.3, -0.25) is 0 Å². The van der Waals surface area contributed by atoms with E-state index in [-0.39, 0.29) is 18.5 Å². The summed E-state index contributed by atoms with van der Waals surface area (Å²) in [5.41, 5.74) is 6.06. The van der Waals surface area contributed by atoms with Gasteiger partial charge in [-0.05, 0) is 13.0 Å². The second-order valence-electron chi connectivity index (χ2n) is 3.61. The van der Waals surface area contributed by atoms with Crippen molar-refractivity contribution in [3.8, 4) is 5.75 Å². The zero-order valence-electron chi connectivity index (χ0n) is 9.26. The van der Waals surface area contributed by atoms with Crippen LogP contribution in [0.15, 0.2) is 29.1 Å². The number of halogens is 1. The highest BCUT2D eigenvalue weighted by Crippen LogP contribution is 2.21. The maximum Gasteiger partial charge on any atom is 0.213 e. The van der Waals surface area contributed by atoms with E-state index in [2.05, 4.69) is 14.7 Å². The van der Waals surface area contributed by atoms with E-state index in [1.807, 2.05) is 0 Å². The third kappa shape index (κ3) is 2.79. The fraction of sp³-hybridized carbons (Fsp3) is 0.273. The van der Waals surface area contributed by atoms with Gasteiger partial charge in [-0.25, -0.2) is 4.39 Å². The average Bonchev–Trinajstić information content (AvgIpc) is 2.78. The van der Waals surface area contributed by atoms with Crippen LogP contribution < -0.4 is 10.5 Å². The monoisotopic (exact) mass is 237 g/mol. The Balaban J connectivity index is 2.05. The van der Waals surface area contributed by atoms with Crippen molar-refractivity contribution in [1.82, 2.24) is 10.1 Å². The van der Waals surface area contributed by atoms with Gasteiger partial charge in [0, 0.05) is 17.7 Å². The van der Waals surface area contributed by atoms with Crippen LogP contribution in [0.5, 0.6) is 5.75 Å². The Morgan fingerprint density at radius 1 is 1.53 bits per heavy atom. The second kappa shape index (κ2) is 4.92. The largest absolute Gasteiger partial charge is 0.485 e. The molecule has 17 heavy (non-hydrogen) atoms. The summed E-state index contributed by atoms with van der Waals surface area (Å²) < 4.78 is 23.4. The molecule has 0 saturated heterocycles. The van der Waals surface area contributed by atoms with Crippen molar-refractivity contribution in [3.05, 3.63) is 41.8 Å². The van der Waals surface area contributed by atoms with Crippen molar-refractivity contribution in [2.45, 2.75) is 19.6 Å². The second-order valence-corrected chi connectivity index (χ2v) is 3.61. The molecule has 1 atom stereocenters. The summed E-state index contributed by atoms with van der Waals surface area (Å²) in [7, 11) is 0. The molecule has 5 nitrogen and oxygen atoms in total. The minimum atomic E-state index is -0.384. The maximum absolute atomic E-state index is 13.6. The van der Waals surface area contributed by atoms with Crippen LogP contribution >= 0.6 is 0 Å². The Hall–Kier alpha value is -1.95. The van der Waals surface area contributed by atoms with Gasteiger partial charge < -0.3 is 15.0 Å². The fourth-order valence-electron chi connectivity index (χ4n) is 1.37. The predicted molar refractivity (Wildman–Crippen MR) is 57.6 cm³/mol. The third-order valence-corrected chi connectivity index (χ3v) is 2.24. The quantitative estimate of drug-likeness (QED) is 0.877. The Morgan fingerprint density at radius 3 is 2.94 bits per heavy atom. The summed E-state index contributed by atoms with van der Waals surface area (Å²) in [5, 5.41) is 3.57. The molecule has 0 fully saturated rings. The van der Waals surface area contributed by atoms with Gasteiger partial charge in [0.15, 0.2) is 6.61 Å². The van der Waals surface area contributed by atoms with E-state index in [0.29, 0.717) is 17.1 Å². The lowest BCUT2D eigenvalue weighted by Gasteiger charge is -2.09. The first kappa shape index (κ1) is 11.5. The molecule has 0 aliphatic rings. The van der Waals surface area contributed by atoms with Crippen LogP contribution in [0.25, 0.3) is 0 Å². The number of benzene rings is 1. The molecule has 0 bridgehead atoms. The molecule has 0 amide bonds. The van der Waals surface area contributed by atoms with Crippen LogP contribution in [0.3, 0.4) is 0 Å². The molecular weight excluding hydrogens is 225 g/mol. The summed E-state index contributed by atoms with van der Waals surface area (Å²) in [6.07, 6.45) is 1.21. The summed E-state index contributed by atoms with van der Waals surface area (Å²) >= 11 is 0. The number of aromatic nitrogens is 2. The summed E-state index contributed by atoms with van der Waals surface area (Å²) in [6, 6.07) is 4.20. The van der Waals surface area contributed by atoms with E-state index in [9.17, 15) is 4.39 Å². The van der Waals surface area contributed by atoms with Crippen molar-refractivity contribution in [3.63, 3.8) is 0 Å². The van der Waals surface area contributed by atoms with Gasteiger partial charge >= 0.3 is 0 Å². The molecule has 2 aromatic rings. The smallest absolute Gasteiger partial charge is 0.213 e. The third-order valence-electron chi connectivity index (χ3n) is 2.24. The molecule has 0 radical (unpaired) electrons. The molecule has 0 aliphatic carbocycles. The highest BCUT2D eigenvalue weighted by atomic mass is 19.1. The minimum absolute atomic E-state index is 0.132. The molecule has 1 unspecified atom stereocenters. The van der Waals surface area contributed by atoms with Crippen molar-refractivity contribution < 1.29 is 13.7 Å². The van der Waals surface area contributed by atoms with E-state index in [1.54, 1.807) is 19.1 Å². The molecule has 6 heteroatoms. The van der Waals surface area contributed by atoms with Gasteiger partial charge in [0.2, 0.25) is 12.2 Å². The Labute approximate surface area is 97.4 Å². The van der Waals surface area contributed by atoms with Crippen LogP contribution in [0.4, 0.5) is 4.39 Å². The highest BCUT2D eigenvalue weighted by Gasteiger charge is 2.08. The lowest BCUT2D eigenvalue weighted by molar-refractivity contribution is 0.285. The first-order valence-corrected chi connectivity index (χ1v) is 5.10. The average molecular weight is 237 g/mol. The summed E-state index contributed by atoms with van der Waals surface area (Å²) in [6.45, 7) is 1.85. The molecule has 1 heterocycles. The number of hydrogen-bond acceptors (Lipinski definition) is 5. The lowest BCUT2D eigenvalue weighted by Crippen LogP contribution is -2.07. The molecule has 0 saturated carbocycles. The maximum atomic E-state index is 13.6. The predicted octanol–water partition coefficient (Wildman–Crippen LogP) is 1.81. The van der Waals surface area contributed by atoms with Crippen LogP contribution in [0.2, 0.25) is 0 Å². The van der Waals surface area contributed by atoms with Crippen LogP contribution in [0, 0.1) is 5.82 Å². The number of nitrogens with two attached hydrogens (primary N) is 1. The Bertz CT molecular complexity index is 485. The highest BCUT2D eigenvalue weighted by molar-refractivity contribution is 5.30. The van der Waals surface area contributed by atoms with Crippen LogP contribution in [-0.2, 0) is 6.61 Å². The fourth-order valence-corrected chi connectivity index (χ4v) is 1.37. The van der Waals surface area contributed by atoms with Crippen molar-refractivity contribution in [2.24, 2.45) is 5.73 Å². The normalized spacial score (nSPS) is 12.4. The molecule has 90 valence electrons. The first-order valence-electron chi connectivity index (χ1n) is 5.10. The SMILES string of the molecule is CC(N)c1ccc(OCc2ncon2)cc1F. The van der Waals surface area contributed by atoms with Crippen molar-refractivity contribution >= 4 is 0 Å². The van der Waals surface area contributed by atoms with Gasteiger partial charge in [0.1, 0.15) is 11.6 Å². The van der Waals surface area contributed by atoms with E-state index in [4.69, 9.17) is 10.5 Å². The molecule has 0 aliphatic heterocycles. The van der Waals surface area contributed by atoms with Gasteiger partial charge in [-0.1, -0.05) is 11.2 Å². The molecule has 2 N–H and O–H groups in total.